The van der Waals surface area contributed by atoms with E-state index in [1.165, 1.54) is 51.6 Å². The van der Waals surface area contributed by atoms with Crippen LogP contribution in [-0.2, 0) is 0 Å². The maximum atomic E-state index is 3.76. The van der Waals surface area contributed by atoms with Gasteiger partial charge in [0.05, 0.1) is 0 Å². The first-order valence-corrected chi connectivity index (χ1v) is 8.18. The van der Waals surface area contributed by atoms with Gasteiger partial charge >= 0.3 is 0 Å². The molecule has 2 fully saturated rings. The zero-order valence-corrected chi connectivity index (χ0v) is 12.6. The lowest BCUT2D eigenvalue weighted by atomic mass is 9.97. The lowest BCUT2D eigenvalue weighted by Crippen LogP contribution is -2.47. The van der Waals surface area contributed by atoms with Gasteiger partial charge in [0.1, 0.15) is 0 Å². The third kappa shape index (κ3) is 4.24. The van der Waals surface area contributed by atoms with Crippen LogP contribution in [-0.4, -0.2) is 36.6 Å². The minimum Gasteiger partial charge on any atom is -0.313 e. The predicted octanol–water partition coefficient (Wildman–Crippen LogP) is 3.28. The van der Waals surface area contributed by atoms with E-state index in [0.717, 1.165) is 24.4 Å². The van der Waals surface area contributed by atoms with Crippen molar-refractivity contribution in [3.63, 3.8) is 0 Å². The summed E-state index contributed by atoms with van der Waals surface area (Å²) in [7, 11) is 0. The lowest BCUT2D eigenvalue weighted by molar-refractivity contribution is 0.167. The Bertz CT molecular complexity index is 229. The highest BCUT2D eigenvalue weighted by molar-refractivity contribution is 4.86. The fraction of sp³-hybridized carbons (Fsp3) is 1.00. The van der Waals surface area contributed by atoms with Crippen LogP contribution in [0.25, 0.3) is 0 Å². The summed E-state index contributed by atoms with van der Waals surface area (Å²) in [6.45, 7) is 10.7. The average molecular weight is 252 g/mol. The molecule has 0 aromatic rings. The van der Waals surface area contributed by atoms with Gasteiger partial charge in [-0.2, -0.15) is 0 Å². The molecule has 0 spiro atoms. The van der Waals surface area contributed by atoms with Crippen LogP contribution in [0.1, 0.15) is 59.3 Å². The van der Waals surface area contributed by atoms with Gasteiger partial charge in [-0.15, -0.1) is 0 Å². The van der Waals surface area contributed by atoms with Crippen LogP contribution >= 0.6 is 0 Å². The quantitative estimate of drug-likeness (QED) is 0.713. The van der Waals surface area contributed by atoms with Crippen LogP contribution in [0, 0.1) is 11.8 Å². The standard InChI is InChI=1S/C16H32N2/c1-4-17-16(15-7-5-6-8-15)12-18(13(2)3)11-14-9-10-14/h13-17H,4-12H2,1-3H3. The van der Waals surface area contributed by atoms with Crippen molar-refractivity contribution in [2.75, 3.05) is 19.6 Å². The first-order valence-electron chi connectivity index (χ1n) is 8.18. The smallest absolute Gasteiger partial charge is 0.0223 e. The van der Waals surface area contributed by atoms with Gasteiger partial charge in [0.15, 0.2) is 0 Å². The molecule has 18 heavy (non-hydrogen) atoms. The highest BCUT2D eigenvalue weighted by Crippen LogP contribution is 2.32. The molecule has 2 rings (SSSR count). The number of hydrogen-bond acceptors (Lipinski definition) is 2. The Balaban J connectivity index is 1.86. The molecule has 0 saturated heterocycles. The molecule has 0 amide bonds. The minimum absolute atomic E-state index is 0.702. The highest BCUT2D eigenvalue weighted by atomic mass is 15.2. The summed E-state index contributed by atoms with van der Waals surface area (Å²) in [6, 6.07) is 1.44. The molecule has 0 aliphatic heterocycles. The molecule has 1 atom stereocenters. The number of likely N-dealkylation sites (N-methyl/N-ethyl adjacent to an activating group) is 1. The Hall–Kier alpha value is -0.0800. The average Bonchev–Trinajstić information content (AvgIpc) is 2.99. The van der Waals surface area contributed by atoms with Crippen LogP contribution in [0.4, 0.5) is 0 Å². The minimum atomic E-state index is 0.702. The fourth-order valence-electron chi connectivity index (χ4n) is 3.38. The molecule has 2 heteroatoms. The summed E-state index contributed by atoms with van der Waals surface area (Å²) in [5.74, 6) is 1.95. The summed E-state index contributed by atoms with van der Waals surface area (Å²) in [6.07, 6.45) is 8.75. The van der Waals surface area contributed by atoms with E-state index >= 15 is 0 Å². The molecule has 2 aliphatic rings. The van der Waals surface area contributed by atoms with Gasteiger partial charge in [-0.25, -0.2) is 0 Å². The largest absolute Gasteiger partial charge is 0.313 e. The SMILES string of the molecule is CCNC(CN(CC1CC1)C(C)C)C1CCCC1. The third-order valence-corrected chi connectivity index (χ3v) is 4.79. The molecule has 1 N–H and O–H groups in total. The first kappa shape index (κ1) is 14.3. The Morgan fingerprint density at radius 2 is 1.78 bits per heavy atom. The van der Waals surface area contributed by atoms with Crippen LogP contribution in [0.15, 0.2) is 0 Å². The number of nitrogens with zero attached hydrogens (tertiary/aromatic N) is 1. The van der Waals surface area contributed by atoms with Gasteiger partial charge in [0.2, 0.25) is 0 Å². The van der Waals surface area contributed by atoms with Crippen LogP contribution in [0.5, 0.6) is 0 Å². The van der Waals surface area contributed by atoms with Gasteiger partial charge < -0.3 is 5.32 Å². The molecule has 0 aromatic heterocycles. The van der Waals surface area contributed by atoms with Gasteiger partial charge in [0.25, 0.3) is 0 Å². The molecule has 1 unspecified atom stereocenters. The maximum Gasteiger partial charge on any atom is 0.0223 e. The Morgan fingerprint density at radius 3 is 2.28 bits per heavy atom. The van der Waals surface area contributed by atoms with Gasteiger partial charge in [0, 0.05) is 25.2 Å². The summed E-state index contributed by atoms with van der Waals surface area (Å²) < 4.78 is 0. The Kier molecular flexibility index (Phi) is 5.50. The molecule has 106 valence electrons. The van der Waals surface area contributed by atoms with Crippen LogP contribution in [0.3, 0.4) is 0 Å². The predicted molar refractivity (Wildman–Crippen MR) is 78.9 cm³/mol. The first-order chi connectivity index (χ1) is 8.70. The summed E-state index contributed by atoms with van der Waals surface area (Å²) >= 11 is 0. The topological polar surface area (TPSA) is 15.3 Å². The molecule has 2 saturated carbocycles. The maximum absolute atomic E-state index is 3.76. The lowest BCUT2D eigenvalue weighted by Gasteiger charge is -2.34. The van der Waals surface area contributed by atoms with Crippen molar-refractivity contribution >= 4 is 0 Å². The number of rotatable bonds is 8. The molecular formula is C16H32N2. The van der Waals surface area contributed by atoms with Gasteiger partial charge in [-0.1, -0.05) is 19.8 Å². The zero-order chi connectivity index (χ0) is 13.0. The van der Waals surface area contributed by atoms with E-state index in [1.54, 1.807) is 0 Å². The van der Waals surface area contributed by atoms with Crippen molar-refractivity contribution in [3.05, 3.63) is 0 Å². The normalized spacial score (nSPS) is 23.2. The fourth-order valence-corrected chi connectivity index (χ4v) is 3.38. The van der Waals surface area contributed by atoms with E-state index in [1.807, 2.05) is 0 Å². The van der Waals surface area contributed by atoms with Crippen LogP contribution < -0.4 is 5.32 Å². The van der Waals surface area contributed by atoms with E-state index in [0.29, 0.717) is 6.04 Å². The Labute approximate surface area is 114 Å². The molecule has 0 heterocycles. The van der Waals surface area contributed by atoms with Crippen molar-refractivity contribution in [2.24, 2.45) is 11.8 Å². The number of hydrogen-bond donors (Lipinski definition) is 1. The van der Waals surface area contributed by atoms with E-state index < -0.39 is 0 Å². The number of nitrogens with one attached hydrogen (secondary N) is 1. The highest BCUT2D eigenvalue weighted by Gasteiger charge is 2.30. The molecule has 0 bridgehead atoms. The molecule has 2 aliphatic carbocycles. The zero-order valence-electron chi connectivity index (χ0n) is 12.6. The molecular weight excluding hydrogens is 220 g/mol. The summed E-state index contributed by atoms with van der Waals surface area (Å²) in [4.78, 5) is 2.73. The molecule has 0 radical (unpaired) electrons. The summed E-state index contributed by atoms with van der Waals surface area (Å²) in [5.41, 5.74) is 0. The van der Waals surface area contributed by atoms with Gasteiger partial charge in [-0.3, -0.25) is 4.90 Å². The second-order valence-corrected chi connectivity index (χ2v) is 6.70. The monoisotopic (exact) mass is 252 g/mol. The van der Waals surface area contributed by atoms with Crippen molar-refractivity contribution in [3.8, 4) is 0 Å². The summed E-state index contributed by atoms with van der Waals surface area (Å²) in [5, 5.41) is 3.76. The van der Waals surface area contributed by atoms with Gasteiger partial charge in [-0.05, 0) is 57.9 Å². The Morgan fingerprint density at radius 1 is 1.11 bits per heavy atom. The van der Waals surface area contributed by atoms with Crippen molar-refractivity contribution in [2.45, 2.75) is 71.4 Å². The molecule has 2 nitrogen and oxygen atoms in total. The van der Waals surface area contributed by atoms with Crippen LogP contribution in [0.2, 0.25) is 0 Å². The van der Waals surface area contributed by atoms with E-state index in [2.05, 4.69) is 31.0 Å². The van der Waals surface area contributed by atoms with Crippen molar-refractivity contribution < 1.29 is 0 Å². The van der Waals surface area contributed by atoms with E-state index in [9.17, 15) is 0 Å². The van der Waals surface area contributed by atoms with E-state index in [4.69, 9.17) is 0 Å². The second kappa shape index (κ2) is 6.91. The third-order valence-electron chi connectivity index (χ3n) is 4.79. The second-order valence-electron chi connectivity index (χ2n) is 6.70. The molecule has 0 aromatic carbocycles. The van der Waals surface area contributed by atoms with E-state index in [-0.39, 0.29) is 0 Å². The van der Waals surface area contributed by atoms with Crippen molar-refractivity contribution in [1.82, 2.24) is 10.2 Å². The van der Waals surface area contributed by atoms with Crippen molar-refractivity contribution in [1.29, 1.82) is 0 Å².